The number of rotatable bonds is 3. The summed E-state index contributed by atoms with van der Waals surface area (Å²) in [7, 11) is 1.62. The summed E-state index contributed by atoms with van der Waals surface area (Å²) in [6, 6.07) is 17.4. The minimum Gasteiger partial charge on any atom is -0.497 e. The summed E-state index contributed by atoms with van der Waals surface area (Å²) in [4.78, 5) is 6.67. The highest BCUT2D eigenvalue weighted by Crippen LogP contribution is 2.45. The van der Waals surface area contributed by atoms with Crippen molar-refractivity contribution in [1.29, 1.82) is 5.26 Å². The van der Waals surface area contributed by atoms with Crippen molar-refractivity contribution in [2.45, 2.75) is 11.6 Å². The second-order valence-corrected chi connectivity index (χ2v) is 7.70. The van der Waals surface area contributed by atoms with Gasteiger partial charge < -0.3 is 10.5 Å². The van der Waals surface area contributed by atoms with Crippen molar-refractivity contribution in [3.63, 3.8) is 0 Å². The Morgan fingerprint density at radius 2 is 1.96 bits per heavy atom. The van der Waals surface area contributed by atoms with Gasteiger partial charge >= 0.3 is 0 Å². The van der Waals surface area contributed by atoms with Crippen molar-refractivity contribution >= 4 is 28.5 Å². The number of thioether (sulfide) groups is 1. The fraction of sp³-hybridized carbons (Fsp3) is 0.200. The summed E-state index contributed by atoms with van der Waals surface area (Å²) in [5.74, 6) is 1.83. The van der Waals surface area contributed by atoms with Gasteiger partial charge in [-0.05, 0) is 41.5 Å². The van der Waals surface area contributed by atoms with E-state index in [0.29, 0.717) is 16.6 Å². The lowest BCUT2D eigenvalue weighted by atomic mass is 9.91. The minimum absolute atomic E-state index is 0.189. The van der Waals surface area contributed by atoms with Gasteiger partial charge in [0.1, 0.15) is 11.6 Å². The van der Waals surface area contributed by atoms with Crippen LogP contribution in [0.3, 0.4) is 0 Å². The minimum atomic E-state index is -0.888. The highest BCUT2D eigenvalue weighted by Gasteiger charge is 2.49. The average Bonchev–Trinajstić information content (AvgIpc) is 3.09. The van der Waals surface area contributed by atoms with Crippen molar-refractivity contribution in [3.05, 3.63) is 76.6 Å². The summed E-state index contributed by atoms with van der Waals surface area (Å²) >= 11 is 7.52. The summed E-state index contributed by atoms with van der Waals surface area (Å²) in [6.45, 7) is 0. The molecule has 2 atom stereocenters. The number of nitriles is 1. The number of nitrogens with two attached hydrogens (primary N) is 1. The second-order valence-electron chi connectivity index (χ2n) is 6.32. The number of fused-ring (bicyclic) bond motifs is 1. The Labute approximate surface area is 167 Å². The van der Waals surface area contributed by atoms with Crippen molar-refractivity contribution in [3.8, 4) is 11.8 Å². The van der Waals surface area contributed by atoms with Gasteiger partial charge in [-0.2, -0.15) is 5.26 Å². The number of amidine groups is 1. The number of methoxy groups -OCH3 is 1. The fourth-order valence-corrected chi connectivity index (χ4v) is 4.74. The molecule has 2 aliphatic heterocycles. The number of halogens is 1. The third kappa shape index (κ3) is 2.93. The van der Waals surface area contributed by atoms with Crippen molar-refractivity contribution < 1.29 is 4.74 Å². The number of aliphatic imine (C=N–C) groups is 1. The van der Waals surface area contributed by atoms with Crippen LogP contribution < -0.4 is 10.5 Å². The lowest BCUT2D eigenvalue weighted by Crippen LogP contribution is -2.46. The maximum Gasteiger partial charge on any atom is 0.170 e. The molecule has 2 unspecified atom stereocenters. The summed E-state index contributed by atoms with van der Waals surface area (Å²) in [6.07, 6.45) is 1.88. The van der Waals surface area contributed by atoms with Crippen LogP contribution in [0, 0.1) is 11.3 Å². The molecule has 1 saturated heterocycles. The molecule has 0 aromatic heterocycles. The Balaban J connectivity index is 1.72. The molecule has 2 N–H and O–H groups in total. The molecular formula is C20H17ClN4OS. The Morgan fingerprint density at radius 3 is 2.59 bits per heavy atom. The molecule has 0 radical (unpaired) electrons. The van der Waals surface area contributed by atoms with Gasteiger partial charge in [-0.3, -0.25) is 4.90 Å². The first-order valence-electron chi connectivity index (χ1n) is 8.37. The van der Waals surface area contributed by atoms with Gasteiger partial charge in [0, 0.05) is 10.8 Å². The molecule has 0 amide bonds. The van der Waals surface area contributed by atoms with Gasteiger partial charge in [0.2, 0.25) is 0 Å². The molecule has 2 aromatic carbocycles. The Hall–Kier alpha value is -2.62. The summed E-state index contributed by atoms with van der Waals surface area (Å²) < 4.78 is 5.23. The molecule has 2 aromatic rings. The van der Waals surface area contributed by atoms with Crippen LogP contribution in [0.2, 0.25) is 5.02 Å². The Bertz CT molecular complexity index is 965. The number of benzene rings is 2. The third-order valence-electron chi connectivity index (χ3n) is 4.78. The van der Waals surface area contributed by atoms with Crippen LogP contribution in [0.25, 0.3) is 0 Å². The first-order chi connectivity index (χ1) is 13.1. The molecule has 0 spiro atoms. The van der Waals surface area contributed by atoms with E-state index in [1.165, 1.54) is 0 Å². The molecule has 0 bridgehead atoms. The maximum absolute atomic E-state index is 10.1. The highest BCUT2D eigenvalue weighted by molar-refractivity contribution is 8.14. The van der Waals surface area contributed by atoms with E-state index in [-0.39, 0.29) is 6.04 Å². The van der Waals surface area contributed by atoms with E-state index >= 15 is 0 Å². The van der Waals surface area contributed by atoms with E-state index in [1.807, 2.05) is 59.5 Å². The van der Waals surface area contributed by atoms with Gasteiger partial charge in [0.05, 0.1) is 19.2 Å². The highest BCUT2D eigenvalue weighted by atomic mass is 35.5. The van der Waals surface area contributed by atoms with Gasteiger partial charge in [0.25, 0.3) is 0 Å². The second kappa shape index (κ2) is 6.84. The smallest absolute Gasteiger partial charge is 0.170 e. The van der Waals surface area contributed by atoms with Crippen LogP contribution >= 0.6 is 23.4 Å². The van der Waals surface area contributed by atoms with Gasteiger partial charge in [-0.1, -0.05) is 47.6 Å². The number of hydrogen-bond donors (Lipinski definition) is 1. The Morgan fingerprint density at radius 1 is 1.26 bits per heavy atom. The topological polar surface area (TPSA) is 74.6 Å². The van der Waals surface area contributed by atoms with Crippen LogP contribution in [-0.2, 0) is 5.54 Å². The molecule has 2 aliphatic rings. The predicted octanol–water partition coefficient (Wildman–Crippen LogP) is 4.03. The normalized spacial score (nSPS) is 23.9. The van der Waals surface area contributed by atoms with Crippen LogP contribution in [0.15, 0.2) is 65.4 Å². The van der Waals surface area contributed by atoms with Crippen molar-refractivity contribution in [1.82, 2.24) is 4.90 Å². The van der Waals surface area contributed by atoms with E-state index in [9.17, 15) is 5.26 Å². The van der Waals surface area contributed by atoms with E-state index in [1.54, 1.807) is 18.9 Å². The third-order valence-corrected chi connectivity index (χ3v) is 6.14. The SMILES string of the molecule is COc1ccc(C2(C#N)CSC3=NC(c4ccc(Cl)cc4)C=C(N)N32)cc1. The average molecular weight is 397 g/mol. The fourth-order valence-electron chi connectivity index (χ4n) is 3.34. The van der Waals surface area contributed by atoms with E-state index in [2.05, 4.69) is 6.07 Å². The van der Waals surface area contributed by atoms with E-state index in [4.69, 9.17) is 27.1 Å². The zero-order chi connectivity index (χ0) is 19.0. The predicted molar refractivity (Wildman–Crippen MR) is 108 cm³/mol. The molecule has 7 heteroatoms. The standard InChI is InChI=1S/C20H17ClN4OS/c1-26-16-8-4-14(5-9-16)20(11-22)12-27-19-24-17(10-18(23)25(19)20)13-2-6-15(21)7-3-13/h2-10,17H,12,23H2,1H3. The maximum atomic E-state index is 10.1. The summed E-state index contributed by atoms with van der Waals surface area (Å²) in [5.41, 5.74) is 7.40. The zero-order valence-corrected chi connectivity index (χ0v) is 16.2. The lowest BCUT2D eigenvalue weighted by Gasteiger charge is -2.36. The number of hydrogen-bond acceptors (Lipinski definition) is 6. The van der Waals surface area contributed by atoms with E-state index in [0.717, 1.165) is 22.0 Å². The Kier molecular flexibility index (Phi) is 4.50. The molecule has 5 nitrogen and oxygen atoms in total. The molecule has 0 aliphatic carbocycles. The van der Waals surface area contributed by atoms with E-state index < -0.39 is 5.54 Å². The molecule has 2 heterocycles. The van der Waals surface area contributed by atoms with Crippen LogP contribution in [0.5, 0.6) is 5.75 Å². The quantitative estimate of drug-likeness (QED) is 0.847. The molecule has 4 rings (SSSR count). The van der Waals surface area contributed by atoms with Crippen LogP contribution in [0.4, 0.5) is 0 Å². The first kappa shape index (κ1) is 17.8. The number of ether oxygens (including phenoxy) is 1. The summed E-state index contributed by atoms with van der Waals surface area (Å²) in [5, 5.41) is 11.5. The number of nitrogens with zero attached hydrogens (tertiary/aromatic N) is 3. The van der Waals surface area contributed by atoms with Gasteiger partial charge in [-0.25, -0.2) is 4.99 Å². The monoisotopic (exact) mass is 396 g/mol. The van der Waals surface area contributed by atoms with Gasteiger partial charge in [0.15, 0.2) is 10.7 Å². The molecule has 0 saturated carbocycles. The van der Waals surface area contributed by atoms with Crippen molar-refractivity contribution in [2.75, 3.05) is 12.9 Å². The van der Waals surface area contributed by atoms with Gasteiger partial charge in [-0.15, -0.1) is 0 Å². The largest absolute Gasteiger partial charge is 0.497 e. The van der Waals surface area contributed by atoms with Crippen LogP contribution in [0.1, 0.15) is 17.2 Å². The molecule has 27 heavy (non-hydrogen) atoms. The zero-order valence-electron chi connectivity index (χ0n) is 14.6. The van der Waals surface area contributed by atoms with Crippen molar-refractivity contribution in [2.24, 2.45) is 10.7 Å². The molecular weight excluding hydrogens is 380 g/mol. The lowest BCUT2D eigenvalue weighted by molar-refractivity contribution is 0.329. The molecule has 1 fully saturated rings. The van der Waals surface area contributed by atoms with Crippen LogP contribution in [-0.4, -0.2) is 22.9 Å². The first-order valence-corrected chi connectivity index (χ1v) is 9.73. The molecule has 136 valence electrons.